The topological polar surface area (TPSA) is 51.7 Å². The molecule has 0 bridgehead atoms. The molecule has 1 aliphatic rings. The van der Waals surface area contributed by atoms with E-state index in [0.29, 0.717) is 24.7 Å². The molecule has 0 atom stereocenters. The first-order valence-electron chi connectivity index (χ1n) is 6.73. The zero-order chi connectivity index (χ0) is 14.7. The van der Waals surface area contributed by atoms with Crippen molar-refractivity contribution in [3.05, 3.63) is 54.2 Å². The summed E-state index contributed by atoms with van der Waals surface area (Å²) >= 11 is 0. The van der Waals surface area contributed by atoms with E-state index in [4.69, 9.17) is 9.47 Å². The van der Waals surface area contributed by atoms with Gasteiger partial charge in [-0.15, -0.1) is 12.1 Å². The molecule has 5 nitrogen and oxygen atoms in total. The van der Waals surface area contributed by atoms with Crippen molar-refractivity contribution in [2.75, 3.05) is 13.1 Å². The Bertz CT molecular complexity index is 613. The van der Waals surface area contributed by atoms with Crippen LogP contribution in [0.4, 0.5) is 4.79 Å². The first-order valence-corrected chi connectivity index (χ1v) is 6.73. The Balaban J connectivity index is 0.00000176. The van der Waals surface area contributed by atoms with Crippen molar-refractivity contribution in [2.24, 2.45) is 0 Å². The predicted molar refractivity (Wildman–Crippen MR) is 76.3 cm³/mol. The van der Waals surface area contributed by atoms with Crippen LogP contribution >= 0.6 is 0 Å². The zero-order valence-corrected chi connectivity index (χ0v) is 15.1. The van der Waals surface area contributed by atoms with Crippen LogP contribution in [0.15, 0.2) is 42.6 Å². The third-order valence-corrected chi connectivity index (χ3v) is 3.17. The van der Waals surface area contributed by atoms with Crippen LogP contribution in [-0.4, -0.2) is 35.2 Å². The molecule has 0 saturated carbocycles. The van der Waals surface area contributed by atoms with E-state index in [-0.39, 0.29) is 44.9 Å². The fourth-order valence-electron chi connectivity index (χ4n) is 1.96. The summed E-state index contributed by atoms with van der Waals surface area (Å²) in [6, 6.07) is 13.4. The number of aryl methyl sites for hydroxylation is 1. The molecule has 0 unspecified atom stereocenters. The molecule has 111 valence electrons. The molecule has 1 saturated heterocycles. The van der Waals surface area contributed by atoms with E-state index in [1.165, 1.54) is 0 Å². The number of ether oxygens (including phenoxy) is 2. The first-order chi connectivity index (χ1) is 10.2. The normalized spacial score (nSPS) is 13.8. The number of pyridine rings is 1. The third kappa shape index (κ3) is 4.27. The molecule has 2 aromatic rings. The van der Waals surface area contributed by atoms with Gasteiger partial charge >= 0.3 is 6.09 Å². The average molecular weight is 372 g/mol. The van der Waals surface area contributed by atoms with Gasteiger partial charge in [0.25, 0.3) is 0 Å². The molecule has 1 radical (unpaired) electrons. The van der Waals surface area contributed by atoms with Gasteiger partial charge in [-0.3, -0.25) is 0 Å². The maximum atomic E-state index is 11.9. The Kier molecular flexibility index (Phi) is 5.92. The van der Waals surface area contributed by atoms with E-state index in [1.807, 2.05) is 19.1 Å². The second-order valence-corrected chi connectivity index (χ2v) is 4.92. The Morgan fingerprint density at radius 1 is 1.27 bits per heavy atom. The summed E-state index contributed by atoms with van der Waals surface area (Å²) in [5, 5.41) is 0. The summed E-state index contributed by atoms with van der Waals surface area (Å²) in [5.74, 6) is 1.10. The fourth-order valence-corrected chi connectivity index (χ4v) is 1.96. The maximum absolute atomic E-state index is 11.9. The number of likely N-dealkylation sites (tertiary alicyclic amines) is 1. The molecule has 0 N–H and O–H groups in total. The van der Waals surface area contributed by atoms with Crippen LogP contribution in [0.1, 0.15) is 5.56 Å². The predicted octanol–water partition coefficient (Wildman–Crippen LogP) is 2.45. The van der Waals surface area contributed by atoms with E-state index < -0.39 is 0 Å². The maximum Gasteiger partial charge on any atom is 0.413 e. The summed E-state index contributed by atoms with van der Waals surface area (Å²) in [6.07, 6.45) is 1.36. The second-order valence-electron chi connectivity index (χ2n) is 4.92. The number of benzene rings is 1. The molecule has 0 aliphatic carbocycles. The molecule has 6 heteroatoms. The largest absolute Gasteiger partial charge is 0.471 e. The van der Waals surface area contributed by atoms with Gasteiger partial charge in [-0.2, -0.15) is 18.2 Å². The molecule has 3 rings (SSSR count). The van der Waals surface area contributed by atoms with Crippen molar-refractivity contribution in [1.82, 2.24) is 9.88 Å². The van der Waals surface area contributed by atoms with E-state index in [1.54, 1.807) is 35.4 Å². The van der Waals surface area contributed by atoms with E-state index >= 15 is 0 Å². The van der Waals surface area contributed by atoms with E-state index in [0.717, 1.165) is 5.56 Å². The van der Waals surface area contributed by atoms with E-state index in [2.05, 4.69) is 11.1 Å². The van der Waals surface area contributed by atoms with Gasteiger partial charge in [0.05, 0.1) is 13.1 Å². The summed E-state index contributed by atoms with van der Waals surface area (Å²) in [6.45, 7) is 2.99. The second kappa shape index (κ2) is 7.70. The molecule has 2 heterocycles. The number of rotatable bonds is 3. The van der Waals surface area contributed by atoms with Gasteiger partial charge in [0, 0.05) is 50.7 Å². The van der Waals surface area contributed by atoms with Gasteiger partial charge in [-0.25, -0.2) is 9.78 Å². The number of carbonyl (C=O) groups is 1. The smallest absolute Gasteiger partial charge is 0.413 e. The number of amides is 1. The van der Waals surface area contributed by atoms with Crippen LogP contribution in [0, 0.1) is 13.0 Å². The van der Waals surface area contributed by atoms with Crippen LogP contribution in [-0.2, 0) is 32.7 Å². The summed E-state index contributed by atoms with van der Waals surface area (Å²) < 4.78 is 10.9. The molecule has 1 amide bonds. The Morgan fingerprint density at radius 2 is 2.00 bits per heavy atom. The quantitative estimate of drug-likeness (QED) is 0.777. The van der Waals surface area contributed by atoms with Gasteiger partial charge in [0.2, 0.25) is 5.88 Å². The molecule has 1 aliphatic heterocycles. The van der Waals surface area contributed by atoms with Crippen LogP contribution < -0.4 is 9.47 Å². The molecule has 0 spiro atoms. The summed E-state index contributed by atoms with van der Waals surface area (Å²) in [7, 11) is 0. The van der Waals surface area contributed by atoms with Crippen molar-refractivity contribution in [3.63, 3.8) is 0 Å². The number of hydrogen-bond donors (Lipinski definition) is 0. The standard InChI is InChI=1S/C16H15N2O3.Y/c1-12-7-8-15(17-9-12)20-14-10-18(11-14)16(19)21-13-5-3-2-4-6-13;/h3-9,14H,10-11H2,1H3;/q-1;. The average Bonchev–Trinajstić information content (AvgIpc) is 2.45. The first kappa shape index (κ1) is 16.9. The molecule has 1 fully saturated rings. The number of hydrogen-bond acceptors (Lipinski definition) is 4. The minimum Gasteiger partial charge on any atom is -0.471 e. The van der Waals surface area contributed by atoms with Crippen LogP contribution in [0.25, 0.3) is 0 Å². The Morgan fingerprint density at radius 3 is 2.64 bits per heavy atom. The molecule has 1 aromatic carbocycles. The number of aromatic nitrogens is 1. The zero-order valence-electron chi connectivity index (χ0n) is 12.2. The van der Waals surface area contributed by atoms with Crippen LogP contribution in [0.3, 0.4) is 0 Å². The fraction of sp³-hybridized carbons (Fsp3) is 0.250. The SMILES string of the molecule is Cc1ccc(OC2CN(C(=O)Oc3cc[c-]cc3)C2)nc1.[Y]. The molecular formula is C16H15N2O3Y-. The van der Waals surface area contributed by atoms with Gasteiger partial charge in [-0.05, 0) is 12.5 Å². The summed E-state index contributed by atoms with van der Waals surface area (Å²) in [5.41, 5.74) is 1.08. The van der Waals surface area contributed by atoms with Crippen LogP contribution in [0.5, 0.6) is 11.6 Å². The monoisotopic (exact) mass is 372 g/mol. The van der Waals surface area contributed by atoms with Crippen molar-refractivity contribution >= 4 is 6.09 Å². The minimum atomic E-state index is -0.363. The third-order valence-electron chi connectivity index (χ3n) is 3.17. The molecule has 22 heavy (non-hydrogen) atoms. The van der Waals surface area contributed by atoms with Gasteiger partial charge in [0.15, 0.2) is 0 Å². The van der Waals surface area contributed by atoms with Crippen molar-refractivity contribution in [3.8, 4) is 11.6 Å². The molecular weight excluding hydrogens is 357 g/mol. The number of nitrogens with zero attached hydrogens (tertiary/aromatic N) is 2. The number of carbonyl (C=O) groups excluding carboxylic acids is 1. The Hall–Kier alpha value is -1.46. The molecule has 1 aromatic heterocycles. The van der Waals surface area contributed by atoms with E-state index in [9.17, 15) is 4.79 Å². The van der Waals surface area contributed by atoms with Crippen LogP contribution in [0.2, 0.25) is 0 Å². The van der Waals surface area contributed by atoms with Gasteiger partial charge < -0.3 is 14.4 Å². The van der Waals surface area contributed by atoms with Crippen molar-refractivity contribution in [1.29, 1.82) is 0 Å². The van der Waals surface area contributed by atoms with Crippen molar-refractivity contribution < 1.29 is 47.0 Å². The van der Waals surface area contributed by atoms with Gasteiger partial charge in [0.1, 0.15) is 6.10 Å². The Labute approximate surface area is 154 Å². The summed E-state index contributed by atoms with van der Waals surface area (Å²) in [4.78, 5) is 17.6. The van der Waals surface area contributed by atoms with Gasteiger partial charge in [-0.1, -0.05) is 6.07 Å². The van der Waals surface area contributed by atoms with Crippen molar-refractivity contribution in [2.45, 2.75) is 13.0 Å². The minimum absolute atomic E-state index is 0.